The van der Waals surface area contributed by atoms with E-state index in [4.69, 9.17) is 80.5 Å². The van der Waals surface area contributed by atoms with Crippen LogP contribution in [0.1, 0.15) is 58.4 Å². The molecule has 2 amide bonds. The average Bonchev–Trinajstić information content (AvgIpc) is 3.43. The molecule has 1 rings (SSSR count). The van der Waals surface area contributed by atoms with Crippen molar-refractivity contribution >= 4 is 27.6 Å². The van der Waals surface area contributed by atoms with E-state index in [1.165, 1.54) is 12.4 Å². The maximum Gasteiger partial charge on any atom is 0.306 e. The fourth-order valence-corrected chi connectivity index (χ4v) is 6.45. The summed E-state index contributed by atoms with van der Waals surface area (Å²) in [5, 5.41) is 5.16. The third-order valence-corrected chi connectivity index (χ3v) is 10.7. The number of ether oxygens (including phenoxy) is 17. The lowest BCUT2D eigenvalue weighted by Crippen LogP contribution is -2.47. The average molecular weight is 1170 g/mol. The van der Waals surface area contributed by atoms with Crippen LogP contribution in [0.5, 0.6) is 0 Å². The van der Waals surface area contributed by atoms with Crippen molar-refractivity contribution in [2.45, 2.75) is 69.7 Å². The van der Waals surface area contributed by atoms with E-state index in [1.54, 1.807) is 27.9 Å². The first-order chi connectivity index (χ1) is 38.8. The number of amides is 2. The molecule has 0 aliphatic rings. The number of methoxy groups -OCH3 is 1. The SMILES string of the molecule is COCCOCCOCCOCCOCCOCCOCCOCCOCCOCCOCCOCCOCCOCCOCCOCCNC(=O)[C@H](CCC(=O)OC(C)(C)C)NC(=O)CCCC#Cc1cnc(S(C)(=O)=O)nc1. The molecule has 80 heavy (non-hydrogen) atoms. The number of hydrogen-bond acceptors (Lipinski definition) is 24. The molecule has 0 saturated carbocycles. The largest absolute Gasteiger partial charge is 0.460 e. The van der Waals surface area contributed by atoms with Crippen molar-refractivity contribution in [2.24, 2.45) is 0 Å². The molecule has 2 N–H and O–H groups in total. The molecule has 0 unspecified atom stereocenters. The van der Waals surface area contributed by atoms with E-state index in [2.05, 4.69) is 32.4 Å². The van der Waals surface area contributed by atoms with Crippen LogP contribution in [-0.2, 0) is 105 Å². The second-order valence-electron chi connectivity index (χ2n) is 17.9. The summed E-state index contributed by atoms with van der Waals surface area (Å²) in [4.78, 5) is 45.7. The lowest BCUT2D eigenvalue weighted by atomic mass is 10.1. The van der Waals surface area contributed by atoms with Gasteiger partial charge in [0.2, 0.25) is 26.8 Å². The molecule has 1 heterocycles. The number of aromatic nitrogens is 2. The lowest BCUT2D eigenvalue weighted by Gasteiger charge is -2.21. The van der Waals surface area contributed by atoms with Gasteiger partial charge >= 0.3 is 5.97 Å². The summed E-state index contributed by atoms with van der Waals surface area (Å²) in [5.41, 5.74) is -0.260. The van der Waals surface area contributed by atoms with E-state index in [9.17, 15) is 22.8 Å². The Morgan fingerprint density at radius 1 is 0.512 bits per heavy atom. The zero-order chi connectivity index (χ0) is 58.3. The topological polar surface area (TPSA) is 292 Å². The van der Waals surface area contributed by atoms with Gasteiger partial charge in [-0.05, 0) is 33.6 Å². The van der Waals surface area contributed by atoms with Crippen LogP contribution < -0.4 is 10.6 Å². The third kappa shape index (κ3) is 51.3. The smallest absolute Gasteiger partial charge is 0.306 e. The van der Waals surface area contributed by atoms with Gasteiger partial charge in [0.1, 0.15) is 11.6 Å². The molecule has 0 spiro atoms. The van der Waals surface area contributed by atoms with E-state index in [0.717, 1.165) is 6.26 Å². The Bertz CT molecular complexity index is 1810. The zero-order valence-corrected chi connectivity index (χ0v) is 49.0. The van der Waals surface area contributed by atoms with Crippen LogP contribution in [0.2, 0.25) is 0 Å². The van der Waals surface area contributed by atoms with Gasteiger partial charge in [-0.15, -0.1) is 0 Å². The second kappa shape index (κ2) is 53.4. The Labute approximate surface area is 474 Å². The van der Waals surface area contributed by atoms with Crippen molar-refractivity contribution in [3.8, 4) is 11.8 Å². The molecule has 1 atom stereocenters. The zero-order valence-electron chi connectivity index (χ0n) is 48.2. The number of esters is 1. The molecule has 1 aromatic rings. The summed E-state index contributed by atoms with van der Waals surface area (Å²) < 4.78 is 116. The molecule has 0 radical (unpaired) electrons. The van der Waals surface area contributed by atoms with Gasteiger partial charge in [-0.2, -0.15) is 0 Å². The van der Waals surface area contributed by atoms with Crippen LogP contribution in [-0.4, -0.2) is 273 Å². The van der Waals surface area contributed by atoms with Crippen molar-refractivity contribution in [1.29, 1.82) is 0 Å². The standard InChI is InChI=1S/C53H94N4O22S/c1-53(2,3)79-50(59)12-11-48(57-49(58)10-8-6-7-9-47-45-55-52(56-46-47)80(5,61)62)51(60)54-13-14-64-17-18-66-21-22-68-25-26-70-29-30-72-33-34-74-37-38-76-41-42-78-44-43-77-40-39-75-36-35-73-32-31-71-28-27-69-24-23-67-20-19-65-16-15-63-4/h45-46,48H,6,8,10-44H2,1-5H3,(H,54,60)(H,57,58)/t48-/m0/s1. The van der Waals surface area contributed by atoms with E-state index < -0.39 is 33.4 Å². The number of nitrogens with one attached hydrogen (secondary N) is 2. The van der Waals surface area contributed by atoms with Gasteiger partial charge in [-0.3, -0.25) is 14.4 Å². The first-order valence-corrected chi connectivity index (χ1v) is 29.2. The summed E-state index contributed by atoms with van der Waals surface area (Å²) in [6.07, 6.45) is 4.44. The van der Waals surface area contributed by atoms with Gasteiger partial charge in [0.25, 0.3) is 0 Å². The number of rotatable bonds is 57. The maximum atomic E-state index is 13.0. The van der Waals surface area contributed by atoms with E-state index in [1.807, 2.05) is 0 Å². The molecular weight excluding hydrogens is 1080 g/mol. The van der Waals surface area contributed by atoms with Gasteiger partial charge in [0, 0.05) is 51.6 Å². The third-order valence-electron chi connectivity index (χ3n) is 9.79. The predicted molar refractivity (Wildman–Crippen MR) is 290 cm³/mol. The summed E-state index contributed by atoms with van der Waals surface area (Å²) in [7, 11) is -1.88. The molecule has 0 bridgehead atoms. The van der Waals surface area contributed by atoms with Crippen molar-refractivity contribution in [3.63, 3.8) is 0 Å². The Kier molecular flexibility index (Phi) is 49.6. The summed E-state index contributed by atoms with van der Waals surface area (Å²) >= 11 is 0. The van der Waals surface area contributed by atoms with E-state index >= 15 is 0 Å². The molecule has 0 aliphatic carbocycles. The normalized spacial score (nSPS) is 12.1. The van der Waals surface area contributed by atoms with Gasteiger partial charge in [-0.25, -0.2) is 18.4 Å². The van der Waals surface area contributed by atoms with Crippen LogP contribution in [0.4, 0.5) is 0 Å². The molecule has 0 saturated heterocycles. The van der Waals surface area contributed by atoms with Crippen LogP contribution in [0.25, 0.3) is 0 Å². The van der Waals surface area contributed by atoms with Crippen molar-refractivity contribution in [3.05, 3.63) is 18.0 Å². The lowest BCUT2D eigenvalue weighted by molar-refractivity contribution is -0.155. The number of carbonyl (C=O) groups is 3. The fraction of sp³-hybridized carbons (Fsp3) is 0.830. The minimum atomic E-state index is -3.52. The molecule has 464 valence electrons. The molecule has 0 aromatic carbocycles. The molecule has 26 nitrogen and oxygen atoms in total. The number of hydrogen-bond donors (Lipinski definition) is 2. The maximum absolute atomic E-state index is 13.0. The Morgan fingerprint density at radius 2 is 0.838 bits per heavy atom. The summed E-state index contributed by atoms with van der Waals surface area (Å²) in [6, 6.07) is -0.970. The van der Waals surface area contributed by atoms with Crippen molar-refractivity contribution < 1.29 is 103 Å². The van der Waals surface area contributed by atoms with Crippen LogP contribution >= 0.6 is 0 Å². The molecule has 1 aromatic heterocycles. The molecule has 0 fully saturated rings. The summed E-state index contributed by atoms with van der Waals surface area (Å²) in [6.45, 7) is 19.6. The highest BCUT2D eigenvalue weighted by molar-refractivity contribution is 7.90. The molecular formula is C53H94N4O22S. The Morgan fingerprint density at radius 3 is 1.15 bits per heavy atom. The first-order valence-electron chi connectivity index (χ1n) is 27.3. The highest BCUT2D eigenvalue weighted by atomic mass is 32.2. The van der Waals surface area contributed by atoms with Crippen LogP contribution in [0, 0.1) is 11.8 Å². The van der Waals surface area contributed by atoms with Crippen LogP contribution in [0.15, 0.2) is 17.6 Å². The van der Waals surface area contributed by atoms with E-state index in [-0.39, 0.29) is 43.5 Å². The number of carbonyl (C=O) groups excluding carboxylic acids is 3. The number of nitrogens with zero attached hydrogens (tertiary/aromatic N) is 2. The molecule has 27 heteroatoms. The fourth-order valence-electron chi connectivity index (χ4n) is 5.96. The molecule has 0 aliphatic heterocycles. The van der Waals surface area contributed by atoms with Crippen molar-refractivity contribution in [2.75, 3.05) is 225 Å². The monoisotopic (exact) mass is 1170 g/mol. The highest BCUT2D eigenvalue weighted by Crippen LogP contribution is 2.11. The van der Waals surface area contributed by atoms with E-state index in [0.29, 0.717) is 217 Å². The van der Waals surface area contributed by atoms with Crippen molar-refractivity contribution in [1.82, 2.24) is 20.6 Å². The number of unbranched alkanes of at least 4 members (excludes halogenated alkanes) is 1. The second-order valence-corrected chi connectivity index (χ2v) is 19.8. The van der Waals surface area contributed by atoms with Gasteiger partial charge in [-0.1, -0.05) is 11.8 Å². The quantitative estimate of drug-likeness (QED) is 0.0398. The van der Waals surface area contributed by atoms with Gasteiger partial charge < -0.3 is 91.2 Å². The Balaban J connectivity index is 1.88. The first kappa shape index (κ1) is 74.4. The Hall–Kier alpha value is -3.64. The highest BCUT2D eigenvalue weighted by Gasteiger charge is 2.24. The van der Waals surface area contributed by atoms with Gasteiger partial charge in [0.15, 0.2) is 0 Å². The predicted octanol–water partition coefficient (Wildman–Crippen LogP) is 1.02. The summed E-state index contributed by atoms with van der Waals surface area (Å²) in [5.74, 6) is 4.40. The minimum Gasteiger partial charge on any atom is -0.460 e. The van der Waals surface area contributed by atoms with Gasteiger partial charge in [0.05, 0.1) is 210 Å². The minimum absolute atomic E-state index is 0.0424. The number of sulfone groups is 1. The van der Waals surface area contributed by atoms with Crippen LogP contribution in [0.3, 0.4) is 0 Å².